The fourth-order valence-electron chi connectivity index (χ4n) is 0. The molecule has 0 N–H and O–H groups in total. The zero-order chi connectivity index (χ0) is 5.15. The Hall–Kier alpha value is 0.0649. The molecule has 0 saturated heterocycles. The molecule has 5 heavy (non-hydrogen) atoms. The molecular formula is C4H11B. The minimum absolute atomic E-state index is 0.102. The van der Waals surface area contributed by atoms with Gasteiger partial charge >= 0.3 is 0 Å². The van der Waals surface area contributed by atoms with Crippen LogP contribution in [0.5, 0.6) is 0 Å². The molecule has 0 amide bonds. The number of hydrogen-bond donors (Lipinski definition) is 0. The standard InChI is InChI=1S/C4H11B/c1-4-5(2)3/h4H2,1-3H3/i4D. The highest BCUT2D eigenvalue weighted by Crippen LogP contribution is 1.83. The van der Waals surface area contributed by atoms with Crippen LogP contribution in [-0.4, -0.2) is 6.71 Å². The van der Waals surface area contributed by atoms with Crippen molar-refractivity contribution in [3.05, 3.63) is 0 Å². The molecule has 0 aliphatic rings. The van der Waals surface area contributed by atoms with Gasteiger partial charge in [0.05, 0.1) is 0 Å². The largest absolute Gasteiger partial charge is 0.133 e. The average Bonchev–Trinajstić information content (AvgIpc) is 1.36. The zero-order valence-corrected chi connectivity index (χ0v) is 4.15. The quantitative estimate of drug-likeness (QED) is 0.413. The predicted molar refractivity (Wildman–Crippen MR) is 28.0 cm³/mol. The van der Waals surface area contributed by atoms with E-state index in [4.69, 9.17) is 1.37 Å². The summed E-state index contributed by atoms with van der Waals surface area (Å²) in [4.78, 5) is 0. The molecule has 30 valence electrons. The van der Waals surface area contributed by atoms with Gasteiger partial charge in [0.2, 0.25) is 0 Å². The molecule has 0 aliphatic carbocycles. The fourth-order valence-corrected chi connectivity index (χ4v) is 0. The lowest BCUT2D eigenvalue weighted by Crippen LogP contribution is -1.92. The molecule has 0 bridgehead atoms. The highest BCUT2D eigenvalue weighted by atomic mass is 13.5. The van der Waals surface area contributed by atoms with E-state index < -0.39 is 0 Å². The molecule has 0 fully saturated rings. The van der Waals surface area contributed by atoms with Gasteiger partial charge in [-0.15, -0.1) is 0 Å². The molecule has 1 heteroatoms. The monoisotopic (exact) mass is 71.1 g/mol. The van der Waals surface area contributed by atoms with Gasteiger partial charge in [0.15, 0.2) is 0 Å². The Kier molecular flexibility index (Phi) is 1.51. The van der Waals surface area contributed by atoms with Gasteiger partial charge in [-0.1, -0.05) is 26.9 Å². The Balaban J connectivity index is 2.99. The van der Waals surface area contributed by atoms with E-state index in [2.05, 4.69) is 13.6 Å². The van der Waals surface area contributed by atoms with Crippen LogP contribution in [0.3, 0.4) is 0 Å². The van der Waals surface area contributed by atoms with Gasteiger partial charge in [-0.3, -0.25) is 0 Å². The minimum Gasteiger partial charge on any atom is -0.0863 e. The summed E-state index contributed by atoms with van der Waals surface area (Å²) in [7, 11) is 0. The second-order valence-corrected chi connectivity index (χ2v) is 1.58. The Bertz CT molecular complexity index is 28.5. The average molecular weight is 71.0 g/mol. The van der Waals surface area contributed by atoms with E-state index >= 15 is 0 Å². The maximum atomic E-state index is 7.03. The summed E-state index contributed by atoms with van der Waals surface area (Å²) in [5.41, 5.74) is 0. The van der Waals surface area contributed by atoms with Gasteiger partial charge in [-0.05, 0) is 0 Å². The van der Waals surface area contributed by atoms with Crippen molar-refractivity contribution in [1.82, 2.24) is 0 Å². The molecule has 0 rings (SSSR count). The normalized spacial score (nSPS) is 17.0. The van der Waals surface area contributed by atoms with E-state index in [9.17, 15) is 0 Å². The van der Waals surface area contributed by atoms with Crippen LogP contribution in [0.15, 0.2) is 0 Å². The van der Waals surface area contributed by atoms with E-state index in [0.717, 1.165) is 0 Å². The lowest BCUT2D eigenvalue weighted by molar-refractivity contribution is 1.41. The summed E-state index contributed by atoms with van der Waals surface area (Å²) < 4.78 is 7.03. The van der Waals surface area contributed by atoms with Crippen molar-refractivity contribution >= 4 is 6.71 Å². The molecule has 1 atom stereocenters. The van der Waals surface area contributed by atoms with Crippen LogP contribution in [0.1, 0.15) is 8.29 Å². The number of hydrogen-bond acceptors (Lipinski definition) is 0. The molecule has 0 heterocycles. The summed E-state index contributed by atoms with van der Waals surface area (Å²) in [6.45, 7) is 6.53. The Morgan fingerprint density at radius 2 is 2.00 bits per heavy atom. The summed E-state index contributed by atoms with van der Waals surface area (Å²) in [6, 6.07) is 0. The van der Waals surface area contributed by atoms with E-state index in [-0.39, 0.29) is 6.30 Å². The van der Waals surface area contributed by atoms with Crippen molar-refractivity contribution in [2.75, 3.05) is 0 Å². The van der Waals surface area contributed by atoms with E-state index in [0.29, 0.717) is 6.71 Å². The van der Waals surface area contributed by atoms with Gasteiger partial charge in [-0.25, -0.2) is 0 Å². The van der Waals surface area contributed by atoms with Crippen LogP contribution >= 0.6 is 0 Å². The van der Waals surface area contributed by atoms with Crippen LogP contribution < -0.4 is 0 Å². The molecule has 1 unspecified atom stereocenters. The van der Waals surface area contributed by atoms with Crippen LogP contribution in [0.4, 0.5) is 0 Å². The van der Waals surface area contributed by atoms with Crippen LogP contribution in [0, 0.1) is 0 Å². The van der Waals surface area contributed by atoms with E-state index in [1.54, 1.807) is 0 Å². The summed E-state index contributed by atoms with van der Waals surface area (Å²) in [5.74, 6) is 0. The highest BCUT2D eigenvalue weighted by molar-refractivity contribution is 6.55. The second-order valence-electron chi connectivity index (χ2n) is 1.58. The minimum atomic E-state index is 0.102. The van der Waals surface area contributed by atoms with E-state index in [1.807, 2.05) is 6.92 Å². The SMILES string of the molecule is [2H]C(C)B(C)C. The van der Waals surface area contributed by atoms with Crippen molar-refractivity contribution in [3.63, 3.8) is 0 Å². The highest BCUT2D eigenvalue weighted by Gasteiger charge is 1.86. The summed E-state index contributed by atoms with van der Waals surface area (Å²) in [6.07, 6.45) is 0.102. The van der Waals surface area contributed by atoms with Crippen LogP contribution in [0.25, 0.3) is 0 Å². The molecule has 0 radical (unpaired) electrons. The molecular weight excluding hydrogens is 58.9 g/mol. The maximum Gasteiger partial charge on any atom is 0.133 e. The van der Waals surface area contributed by atoms with Gasteiger partial charge < -0.3 is 0 Å². The second kappa shape index (κ2) is 2.31. The molecule has 0 aliphatic heterocycles. The predicted octanol–water partition coefficient (Wildman–Crippen LogP) is 1.76. The maximum absolute atomic E-state index is 7.03. The molecule has 0 aromatic heterocycles. The smallest absolute Gasteiger partial charge is 0.0863 e. The third-order valence-corrected chi connectivity index (χ3v) is 0.667. The Labute approximate surface area is 36.1 Å². The van der Waals surface area contributed by atoms with Crippen molar-refractivity contribution in [2.24, 2.45) is 0 Å². The molecule has 0 aromatic carbocycles. The van der Waals surface area contributed by atoms with Crippen LogP contribution in [-0.2, 0) is 0 Å². The van der Waals surface area contributed by atoms with Gasteiger partial charge in [0, 0.05) is 1.37 Å². The van der Waals surface area contributed by atoms with Crippen molar-refractivity contribution < 1.29 is 1.37 Å². The molecule has 0 saturated carbocycles. The van der Waals surface area contributed by atoms with Crippen molar-refractivity contribution in [1.29, 1.82) is 0 Å². The van der Waals surface area contributed by atoms with Gasteiger partial charge in [0.25, 0.3) is 0 Å². The summed E-state index contributed by atoms with van der Waals surface area (Å²) in [5, 5.41) is 0. The summed E-state index contributed by atoms with van der Waals surface area (Å²) >= 11 is 0. The first-order chi connectivity index (χ1) is 2.64. The van der Waals surface area contributed by atoms with Gasteiger partial charge in [0.1, 0.15) is 6.71 Å². The van der Waals surface area contributed by atoms with E-state index in [1.165, 1.54) is 0 Å². The topological polar surface area (TPSA) is 0 Å². The molecule has 0 aromatic rings. The first kappa shape index (κ1) is 3.26. The first-order valence-electron chi connectivity index (χ1n) is 2.64. The fraction of sp³-hybridized carbons (Fsp3) is 1.00. The Morgan fingerprint density at radius 3 is 2.00 bits per heavy atom. The third-order valence-electron chi connectivity index (χ3n) is 0.667. The van der Waals surface area contributed by atoms with Crippen LogP contribution in [0.2, 0.25) is 19.9 Å². The first-order valence-corrected chi connectivity index (χ1v) is 2.07. The Morgan fingerprint density at radius 1 is 1.80 bits per heavy atom. The lowest BCUT2D eigenvalue weighted by atomic mass is 9.53. The lowest BCUT2D eigenvalue weighted by Gasteiger charge is -1.84. The zero-order valence-electron chi connectivity index (χ0n) is 5.15. The molecule has 0 nitrogen and oxygen atoms in total. The third kappa shape index (κ3) is 4.06. The number of rotatable bonds is 1. The molecule has 0 spiro atoms. The van der Waals surface area contributed by atoms with Crippen molar-refractivity contribution in [3.8, 4) is 0 Å². The van der Waals surface area contributed by atoms with Crippen molar-refractivity contribution in [2.45, 2.75) is 26.9 Å². The van der Waals surface area contributed by atoms with Gasteiger partial charge in [-0.2, -0.15) is 0 Å².